The molecule has 0 atom stereocenters. The Kier molecular flexibility index (Phi) is 10.3. The Balaban J connectivity index is 0.00000288. The molecule has 0 amide bonds. The van der Waals surface area contributed by atoms with Crippen LogP contribution in [0.3, 0.4) is 0 Å². The quantitative estimate of drug-likeness (QED) is 0.380. The van der Waals surface area contributed by atoms with E-state index in [0.717, 1.165) is 70.7 Å². The van der Waals surface area contributed by atoms with Crippen LogP contribution in [0.5, 0.6) is 0 Å². The average Bonchev–Trinajstić information content (AvgIpc) is 2.57. The van der Waals surface area contributed by atoms with Gasteiger partial charge in [-0.1, -0.05) is 13.8 Å². The minimum atomic E-state index is 0. The number of halogens is 1. The molecule has 0 aromatic heterocycles. The molecule has 5 nitrogen and oxygen atoms in total. The van der Waals surface area contributed by atoms with Crippen molar-refractivity contribution >= 4 is 41.7 Å². The van der Waals surface area contributed by atoms with Crippen LogP contribution in [0.1, 0.15) is 26.7 Å². The van der Waals surface area contributed by atoms with Crippen LogP contribution in [0.15, 0.2) is 4.99 Å². The van der Waals surface area contributed by atoms with Gasteiger partial charge < -0.3 is 15.0 Å². The molecule has 142 valence electrons. The van der Waals surface area contributed by atoms with E-state index in [2.05, 4.69) is 40.2 Å². The van der Waals surface area contributed by atoms with Crippen molar-refractivity contribution in [2.24, 2.45) is 10.9 Å². The molecule has 2 rings (SSSR count). The largest absolute Gasteiger partial charge is 0.381 e. The lowest BCUT2D eigenvalue weighted by Gasteiger charge is -2.40. The van der Waals surface area contributed by atoms with Crippen LogP contribution in [0.25, 0.3) is 0 Å². The van der Waals surface area contributed by atoms with Crippen LogP contribution in [0, 0.1) is 5.92 Å². The summed E-state index contributed by atoms with van der Waals surface area (Å²) in [7, 11) is 1.90. The number of nitrogens with one attached hydrogen (secondary N) is 1. The zero-order valence-electron chi connectivity index (χ0n) is 15.7. The summed E-state index contributed by atoms with van der Waals surface area (Å²) < 4.78 is 5.83. The third-order valence-corrected chi connectivity index (χ3v) is 6.33. The molecule has 0 saturated carbocycles. The summed E-state index contributed by atoms with van der Waals surface area (Å²) in [5.41, 5.74) is 0. The number of aliphatic imine (C=N–C) groups is 1. The topological polar surface area (TPSA) is 40.1 Å². The first-order chi connectivity index (χ1) is 11.1. The van der Waals surface area contributed by atoms with E-state index < -0.39 is 0 Å². The van der Waals surface area contributed by atoms with Gasteiger partial charge in [-0.2, -0.15) is 11.8 Å². The van der Waals surface area contributed by atoms with Crippen molar-refractivity contribution in [1.29, 1.82) is 0 Å². The van der Waals surface area contributed by atoms with Gasteiger partial charge in [-0.25, -0.2) is 0 Å². The number of hydrogen-bond acceptors (Lipinski definition) is 4. The zero-order valence-corrected chi connectivity index (χ0v) is 18.9. The van der Waals surface area contributed by atoms with Crippen LogP contribution in [-0.2, 0) is 4.74 Å². The average molecular weight is 470 g/mol. The molecular weight excluding hydrogens is 435 g/mol. The van der Waals surface area contributed by atoms with Gasteiger partial charge in [0, 0.05) is 64.3 Å². The van der Waals surface area contributed by atoms with Crippen molar-refractivity contribution in [2.45, 2.75) is 31.4 Å². The lowest BCUT2D eigenvalue weighted by molar-refractivity contribution is 0.0779. The summed E-state index contributed by atoms with van der Waals surface area (Å²) in [5, 5.41) is 3.64. The number of nitrogens with zero attached hydrogens (tertiary/aromatic N) is 3. The number of piperazine rings is 1. The van der Waals surface area contributed by atoms with Gasteiger partial charge >= 0.3 is 0 Å². The molecule has 2 saturated heterocycles. The Labute approximate surface area is 169 Å². The van der Waals surface area contributed by atoms with Crippen LogP contribution in [-0.4, -0.2) is 86.3 Å². The van der Waals surface area contributed by atoms with Crippen molar-refractivity contribution in [3.8, 4) is 0 Å². The molecule has 0 bridgehead atoms. The zero-order chi connectivity index (χ0) is 16.7. The molecule has 2 aliphatic rings. The summed E-state index contributed by atoms with van der Waals surface area (Å²) in [6.45, 7) is 13.0. The molecule has 24 heavy (non-hydrogen) atoms. The molecule has 0 aromatic carbocycles. The normalized spacial score (nSPS) is 22.4. The lowest BCUT2D eigenvalue weighted by Crippen LogP contribution is -2.55. The number of rotatable bonds is 5. The third kappa shape index (κ3) is 6.53. The molecule has 0 aliphatic carbocycles. The number of guanidine groups is 1. The van der Waals surface area contributed by atoms with Gasteiger partial charge in [0.05, 0.1) is 0 Å². The van der Waals surface area contributed by atoms with E-state index in [0.29, 0.717) is 4.75 Å². The SMILES string of the molecule is CN=C(NCC1(SC)CCOCC1)N1CCN(CC(C)C)CC1.I. The predicted molar refractivity (Wildman–Crippen MR) is 116 cm³/mol. The molecule has 2 aliphatic heterocycles. The summed E-state index contributed by atoms with van der Waals surface area (Å²) >= 11 is 1.98. The maximum Gasteiger partial charge on any atom is 0.193 e. The fourth-order valence-electron chi connectivity index (χ4n) is 3.43. The van der Waals surface area contributed by atoms with Gasteiger partial charge in [-0.05, 0) is 25.0 Å². The van der Waals surface area contributed by atoms with Gasteiger partial charge in [0.25, 0.3) is 0 Å². The van der Waals surface area contributed by atoms with E-state index in [9.17, 15) is 0 Å². The van der Waals surface area contributed by atoms with Crippen LogP contribution in [0.2, 0.25) is 0 Å². The third-order valence-electron chi connectivity index (χ3n) is 4.91. The summed E-state index contributed by atoms with van der Waals surface area (Å²) in [4.78, 5) is 9.49. The molecule has 2 fully saturated rings. The molecular formula is C17H35IN4OS. The fourth-order valence-corrected chi connectivity index (χ4v) is 4.22. The Bertz CT molecular complexity index is 381. The number of thioether (sulfide) groups is 1. The Morgan fingerprint density at radius 3 is 2.33 bits per heavy atom. The minimum Gasteiger partial charge on any atom is -0.381 e. The van der Waals surface area contributed by atoms with Crippen LogP contribution < -0.4 is 5.32 Å². The first-order valence-corrected chi connectivity index (χ1v) is 10.1. The highest BCUT2D eigenvalue weighted by molar-refractivity contribution is 14.0. The first-order valence-electron chi connectivity index (χ1n) is 8.89. The van der Waals surface area contributed by atoms with Gasteiger partial charge in [0.2, 0.25) is 0 Å². The van der Waals surface area contributed by atoms with Crippen molar-refractivity contribution in [3.05, 3.63) is 0 Å². The maximum absolute atomic E-state index is 5.53. The molecule has 0 radical (unpaired) electrons. The first kappa shape index (κ1) is 22.3. The van der Waals surface area contributed by atoms with E-state index in [4.69, 9.17) is 4.74 Å². The molecule has 0 aromatic rings. The van der Waals surface area contributed by atoms with E-state index in [1.54, 1.807) is 0 Å². The standard InChI is InChI=1S/C17H34N4OS.HI/c1-15(2)13-20-7-9-21(10-8-20)16(18-3)19-14-17(23-4)5-11-22-12-6-17;/h15H,5-14H2,1-4H3,(H,18,19);1H. The number of ether oxygens (including phenoxy) is 1. The van der Waals surface area contributed by atoms with E-state index in [-0.39, 0.29) is 24.0 Å². The smallest absolute Gasteiger partial charge is 0.193 e. The molecule has 2 heterocycles. The van der Waals surface area contributed by atoms with Crippen LogP contribution >= 0.6 is 35.7 Å². The Morgan fingerprint density at radius 1 is 1.21 bits per heavy atom. The highest BCUT2D eigenvalue weighted by Crippen LogP contribution is 2.33. The van der Waals surface area contributed by atoms with Crippen molar-refractivity contribution in [3.63, 3.8) is 0 Å². The molecule has 1 N–H and O–H groups in total. The minimum absolute atomic E-state index is 0. The second-order valence-corrected chi connectivity index (χ2v) is 8.36. The monoisotopic (exact) mass is 470 g/mol. The second-order valence-electron chi connectivity index (χ2n) is 7.08. The van der Waals surface area contributed by atoms with E-state index >= 15 is 0 Å². The molecule has 0 spiro atoms. The van der Waals surface area contributed by atoms with E-state index in [1.807, 2.05) is 18.8 Å². The number of hydrogen-bond donors (Lipinski definition) is 1. The van der Waals surface area contributed by atoms with Gasteiger partial charge in [-0.3, -0.25) is 9.89 Å². The highest BCUT2D eigenvalue weighted by Gasteiger charge is 2.32. The van der Waals surface area contributed by atoms with Gasteiger partial charge in [-0.15, -0.1) is 24.0 Å². The summed E-state index contributed by atoms with van der Waals surface area (Å²) in [6, 6.07) is 0. The molecule has 7 heteroatoms. The predicted octanol–water partition coefficient (Wildman–Crippen LogP) is 2.37. The fraction of sp³-hybridized carbons (Fsp3) is 0.941. The van der Waals surface area contributed by atoms with E-state index in [1.165, 1.54) is 6.54 Å². The Morgan fingerprint density at radius 2 is 1.83 bits per heavy atom. The van der Waals surface area contributed by atoms with Gasteiger partial charge in [0.1, 0.15) is 0 Å². The lowest BCUT2D eigenvalue weighted by atomic mass is 9.99. The van der Waals surface area contributed by atoms with Crippen molar-refractivity contribution in [2.75, 3.05) is 65.8 Å². The van der Waals surface area contributed by atoms with Crippen LogP contribution in [0.4, 0.5) is 0 Å². The van der Waals surface area contributed by atoms with Gasteiger partial charge in [0.15, 0.2) is 5.96 Å². The highest BCUT2D eigenvalue weighted by atomic mass is 127. The van der Waals surface area contributed by atoms with Crippen molar-refractivity contribution < 1.29 is 4.74 Å². The Hall–Kier alpha value is 0.270. The second kappa shape index (κ2) is 11.1. The molecule has 0 unspecified atom stereocenters. The van der Waals surface area contributed by atoms with Crippen molar-refractivity contribution in [1.82, 2.24) is 15.1 Å². The summed E-state index contributed by atoms with van der Waals surface area (Å²) in [6.07, 6.45) is 4.47. The maximum atomic E-state index is 5.53. The summed E-state index contributed by atoms with van der Waals surface area (Å²) in [5.74, 6) is 1.81.